The Kier molecular flexibility index (Phi) is 11.3. The fourth-order valence-electron chi connectivity index (χ4n) is 3.48. The highest BCUT2D eigenvalue weighted by Crippen LogP contribution is 2.16. The summed E-state index contributed by atoms with van der Waals surface area (Å²) < 4.78 is 11.2. The molecule has 0 atom stereocenters. The van der Waals surface area contributed by atoms with E-state index in [0.29, 0.717) is 5.92 Å². The molecule has 0 unspecified atom stereocenters. The third-order valence-electron chi connectivity index (χ3n) is 5.20. The van der Waals surface area contributed by atoms with Crippen molar-refractivity contribution in [2.24, 2.45) is 10.9 Å². The van der Waals surface area contributed by atoms with Crippen LogP contribution in [0, 0.1) is 5.92 Å². The van der Waals surface area contributed by atoms with Crippen LogP contribution in [0.1, 0.15) is 24.8 Å². The number of halogens is 1. The summed E-state index contributed by atoms with van der Waals surface area (Å²) in [5, 5.41) is 9.34. The average Bonchev–Trinajstić information content (AvgIpc) is 2.75. The van der Waals surface area contributed by atoms with E-state index in [0.717, 1.165) is 71.2 Å². The minimum atomic E-state index is 0. The highest BCUT2D eigenvalue weighted by molar-refractivity contribution is 14.0. The lowest BCUT2D eigenvalue weighted by Crippen LogP contribution is -2.39. The van der Waals surface area contributed by atoms with E-state index in [1.165, 1.54) is 16.3 Å². The van der Waals surface area contributed by atoms with Crippen LogP contribution in [0.2, 0.25) is 0 Å². The van der Waals surface area contributed by atoms with E-state index in [2.05, 4.69) is 58.1 Å². The van der Waals surface area contributed by atoms with E-state index >= 15 is 0 Å². The average molecular weight is 511 g/mol. The Bertz CT molecular complexity index is 748. The number of hydrogen-bond acceptors (Lipinski definition) is 3. The molecule has 0 aliphatic carbocycles. The standard InChI is InChI=1S/C23H33N3O2.HI/c1-24-23(25-12-4-14-28-18-20-10-15-27-16-11-20)26-13-9-19-7-8-21-5-2-3-6-22(21)17-19;/h2-3,5-8,17,20H,4,9-16,18H2,1H3,(H2,24,25,26);1H. The molecule has 2 N–H and O–H groups in total. The Morgan fingerprint density at radius 2 is 1.83 bits per heavy atom. The van der Waals surface area contributed by atoms with Gasteiger partial charge in [0.25, 0.3) is 0 Å². The van der Waals surface area contributed by atoms with Crippen LogP contribution in [0.3, 0.4) is 0 Å². The zero-order chi connectivity index (χ0) is 19.4. The summed E-state index contributed by atoms with van der Waals surface area (Å²) in [7, 11) is 1.81. The smallest absolute Gasteiger partial charge is 0.190 e. The molecule has 1 fully saturated rings. The predicted octanol–water partition coefficient (Wildman–Crippen LogP) is 4.00. The lowest BCUT2D eigenvalue weighted by Gasteiger charge is -2.21. The highest BCUT2D eigenvalue weighted by atomic mass is 127. The second kappa shape index (κ2) is 13.8. The first-order chi connectivity index (χ1) is 13.8. The number of nitrogens with one attached hydrogen (secondary N) is 2. The van der Waals surface area contributed by atoms with Crippen molar-refractivity contribution in [2.45, 2.75) is 25.7 Å². The van der Waals surface area contributed by atoms with Crippen LogP contribution in [0.5, 0.6) is 0 Å². The summed E-state index contributed by atoms with van der Waals surface area (Å²) in [6.45, 7) is 5.15. The first-order valence-electron chi connectivity index (χ1n) is 10.4. The zero-order valence-corrected chi connectivity index (χ0v) is 19.7. The summed E-state index contributed by atoms with van der Waals surface area (Å²) in [4.78, 5) is 4.30. The topological polar surface area (TPSA) is 54.9 Å². The maximum Gasteiger partial charge on any atom is 0.190 e. The highest BCUT2D eigenvalue weighted by Gasteiger charge is 2.13. The molecule has 1 aliphatic heterocycles. The summed E-state index contributed by atoms with van der Waals surface area (Å²) in [6.07, 6.45) is 4.21. The van der Waals surface area contributed by atoms with Gasteiger partial charge >= 0.3 is 0 Å². The van der Waals surface area contributed by atoms with Crippen molar-refractivity contribution < 1.29 is 9.47 Å². The minimum Gasteiger partial charge on any atom is -0.381 e. The van der Waals surface area contributed by atoms with Crippen molar-refractivity contribution in [1.82, 2.24) is 10.6 Å². The second-order valence-electron chi connectivity index (χ2n) is 7.34. The molecule has 0 amide bonds. The Labute approximate surface area is 191 Å². The van der Waals surface area contributed by atoms with Crippen LogP contribution in [-0.4, -0.2) is 52.5 Å². The van der Waals surface area contributed by atoms with Gasteiger partial charge in [0.1, 0.15) is 0 Å². The van der Waals surface area contributed by atoms with Crippen LogP contribution in [0.25, 0.3) is 10.8 Å². The molecule has 1 heterocycles. The summed E-state index contributed by atoms with van der Waals surface area (Å²) >= 11 is 0. The maximum atomic E-state index is 5.81. The molecule has 0 saturated carbocycles. The molecule has 0 spiro atoms. The van der Waals surface area contributed by atoms with Crippen LogP contribution < -0.4 is 10.6 Å². The Morgan fingerprint density at radius 1 is 1.07 bits per heavy atom. The molecule has 6 heteroatoms. The molecule has 1 saturated heterocycles. The van der Waals surface area contributed by atoms with Gasteiger partial charge in [0.2, 0.25) is 0 Å². The van der Waals surface area contributed by atoms with Crippen molar-refractivity contribution in [3.8, 4) is 0 Å². The van der Waals surface area contributed by atoms with Crippen LogP contribution >= 0.6 is 24.0 Å². The van der Waals surface area contributed by atoms with Crippen molar-refractivity contribution in [3.63, 3.8) is 0 Å². The fourth-order valence-corrected chi connectivity index (χ4v) is 3.48. The van der Waals surface area contributed by atoms with Gasteiger partial charge in [-0.3, -0.25) is 4.99 Å². The van der Waals surface area contributed by atoms with Gasteiger partial charge in [-0.2, -0.15) is 0 Å². The summed E-state index contributed by atoms with van der Waals surface area (Å²) in [5.74, 6) is 1.52. The Morgan fingerprint density at radius 3 is 2.62 bits per heavy atom. The first-order valence-corrected chi connectivity index (χ1v) is 10.4. The van der Waals surface area contributed by atoms with Crippen molar-refractivity contribution in [1.29, 1.82) is 0 Å². The SMILES string of the molecule is CN=C(NCCCOCC1CCOCC1)NCCc1ccc2ccccc2c1.I. The van der Waals surface area contributed by atoms with Gasteiger partial charge in [-0.15, -0.1) is 24.0 Å². The zero-order valence-electron chi connectivity index (χ0n) is 17.4. The van der Waals surface area contributed by atoms with Gasteiger partial charge in [-0.1, -0.05) is 42.5 Å². The van der Waals surface area contributed by atoms with Crippen molar-refractivity contribution in [2.75, 3.05) is 46.6 Å². The van der Waals surface area contributed by atoms with Crippen molar-refractivity contribution >= 4 is 40.7 Å². The van der Waals surface area contributed by atoms with E-state index in [1.54, 1.807) is 0 Å². The summed E-state index contributed by atoms with van der Waals surface area (Å²) in [6, 6.07) is 15.1. The first kappa shape index (κ1) is 23.9. The second-order valence-corrected chi connectivity index (χ2v) is 7.34. The maximum absolute atomic E-state index is 5.81. The van der Waals surface area contributed by atoms with E-state index in [9.17, 15) is 0 Å². The molecule has 5 nitrogen and oxygen atoms in total. The third kappa shape index (κ3) is 8.48. The molecule has 160 valence electrons. The van der Waals surface area contributed by atoms with Gasteiger partial charge < -0.3 is 20.1 Å². The number of guanidine groups is 1. The van der Waals surface area contributed by atoms with Gasteiger partial charge in [0, 0.05) is 46.6 Å². The number of hydrogen-bond donors (Lipinski definition) is 2. The Hall–Kier alpha value is -1.38. The summed E-state index contributed by atoms with van der Waals surface area (Å²) in [5.41, 5.74) is 1.34. The molecule has 0 radical (unpaired) electrons. The molecule has 1 aliphatic rings. The number of rotatable bonds is 9. The van der Waals surface area contributed by atoms with E-state index < -0.39 is 0 Å². The number of benzene rings is 2. The molecule has 2 aromatic carbocycles. The van der Waals surface area contributed by atoms with E-state index in [4.69, 9.17) is 9.47 Å². The van der Waals surface area contributed by atoms with Gasteiger partial charge in [0.05, 0.1) is 0 Å². The van der Waals surface area contributed by atoms with Gasteiger partial charge in [0.15, 0.2) is 5.96 Å². The molecule has 0 bridgehead atoms. The lowest BCUT2D eigenvalue weighted by atomic mass is 10.0. The molecule has 2 aromatic rings. The fraction of sp³-hybridized carbons (Fsp3) is 0.522. The van der Waals surface area contributed by atoms with Crippen LogP contribution in [0.4, 0.5) is 0 Å². The largest absolute Gasteiger partial charge is 0.381 e. The molecule has 29 heavy (non-hydrogen) atoms. The monoisotopic (exact) mass is 511 g/mol. The lowest BCUT2D eigenvalue weighted by molar-refractivity contribution is 0.0203. The van der Waals surface area contributed by atoms with Crippen LogP contribution in [-0.2, 0) is 15.9 Å². The number of ether oxygens (including phenoxy) is 2. The van der Waals surface area contributed by atoms with Crippen molar-refractivity contribution in [3.05, 3.63) is 48.0 Å². The number of aliphatic imine (C=N–C) groups is 1. The predicted molar refractivity (Wildman–Crippen MR) is 131 cm³/mol. The molecule has 0 aromatic heterocycles. The number of nitrogens with zero attached hydrogens (tertiary/aromatic N) is 1. The molecule has 3 rings (SSSR count). The number of fused-ring (bicyclic) bond motifs is 1. The van der Waals surface area contributed by atoms with E-state index in [-0.39, 0.29) is 24.0 Å². The Balaban J connectivity index is 0.00000300. The van der Waals surface area contributed by atoms with Crippen LogP contribution in [0.15, 0.2) is 47.5 Å². The molecular formula is C23H34IN3O2. The quantitative estimate of drug-likeness (QED) is 0.231. The normalized spacial score (nSPS) is 15.1. The minimum absolute atomic E-state index is 0. The van der Waals surface area contributed by atoms with Gasteiger partial charge in [-0.25, -0.2) is 0 Å². The molecular weight excluding hydrogens is 477 g/mol. The van der Waals surface area contributed by atoms with E-state index in [1.807, 2.05) is 7.05 Å². The van der Waals surface area contributed by atoms with Gasteiger partial charge in [-0.05, 0) is 47.9 Å². The third-order valence-corrected chi connectivity index (χ3v) is 5.20.